The zero-order valence-corrected chi connectivity index (χ0v) is 16.3. The Morgan fingerprint density at radius 1 is 1.14 bits per heavy atom. The Hall–Kier alpha value is -2.32. The number of esters is 1. The number of aromatic nitrogens is 4. The summed E-state index contributed by atoms with van der Waals surface area (Å²) in [6, 6.07) is 7.28. The van der Waals surface area contributed by atoms with Crippen molar-refractivity contribution in [3.63, 3.8) is 0 Å². The molecule has 0 bridgehead atoms. The summed E-state index contributed by atoms with van der Waals surface area (Å²) in [5, 5.41) is 12.8. The lowest BCUT2D eigenvalue weighted by Gasteiger charge is -2.46. The van der Waals surface area contributed by atoms with Crippen LogP contribution in [0.5, 0.6) is 0 Å². The highest BCUT2D eigenvalue weighted by Crippen LogP contribution is 2.42. The largest absolute Gasteiger partial charge is 0.462 e. The van der Waals surface area contributed by atoms with Gasteiger partial charge in [0.15, 0.2) is 5.82 Å². The molecule has 28 heavy (non-hydrogen) atoms. The molecule has 0 N–H and O–H groups in total. The summed E-state index contributed by atoms with van der Waals surface area (Å²) in [6.45, 7) is 5.45. The second-order valence-electron chi connectivity index (χ2n) is 7.37. The number of carbonyl (C=O) groups excluding carboxylic acids is 1. The molecule has 8 heteroatoms. The van der Waals surface area contributed by atoms with E-state index in [4.69, 9.17) is 9.47 Å². The minimum absolute atomic E-state index is 0.161. The van der Waals surface area contributed by atoms with Crippen molar-refractivity contribution in [3.8, 4) is 5.69 Å². The van der Waals surface area contributed by atoms with Gasteiger partial charge < -0.3 is 9.47 Å². The van der Waals surface area contributed by atoms with E-state index in [1.165, 1.54) is 19.3 Å². The third-order valence-electron chi connectivity index (χ3n) is 5.81. The maximum atomic E-state index is 11.9. The highest BCUT2D eigenvalue weighted by molar-refractivity contribution is 5.89. The van der Waals surface area contributed by atoms with Crippen LogP contribution in [0.25, 0.3) is 5.69 Å². The smallest absolute Gasteiger partial charge is 0.338 e. The first-order valence-corrected chi connectivity index (χ1v) is 10.1. The lowest BCUT2D eigenvalue weighted by Crippen LogP contribution is -2.53. The standard InChI is InChI=1S/C20H27N5O3/c1-2-28-18(26)16-6-8-17(9-7-16)25-19(21-22-23-25)20(10-4-3-5-11-20)24-12-14-27-15-13-24/h6-9H,2-5,10-15H2,1H3. The van der Waals surface area contributed by atoms with Crippen LogP contribution in [0.3, 0.4) is 0 Å². The number of morpholine rings is 1. The number of hydrogen-bond donors (Lipinski definition) is 0. The van der Waals surface area contributed by atoms with Crippen LogP contribution in [0.1, 0.15) is 55.2 Å². The molecule has 0 amide bonds. The molecular formula is C20H27N5O3. The first kappa shape index (κ1) is 19.0. The maximum Gasteiger partial charge on any atom is 0.338 e. The number of hydrogen-bond acceptors (Lipinski definition) is 7. The zero-order chi connectivity index (χ0) is 19.4. The summed E-state index contributed by atoms with van der Waals surface area (Å²) < 4.78 is 12.5. The van der Waals surface area contributed by atoms with E-state index in [2.05, 4.69) is 20.4 Å². The van der Waals surface area contributed by atoms with Crippen LogP contribution in [0.2, 0.25) is 0 Å². The van der Waals surface area contributed by atoms with Crippen molar-refractivity contribution in [2.24, 2.45) is 0 Å². The third-order valence-corrected chi connectivity index (χ3v) is 5.81. The fraction of sp³-hybridized carbons (Fsp3) is 0.600. The van der Waals surface area contributed by atoms with Gasteiger partial charge >= 0.3 is 5.97 Å². The minimum atomic E-state index is -0.317. The van der Waals surface area contributed by atoms with E-state index in [0.29, 0.717) is 12.2 Å². The first-order chi connectivity index (χ1) is 13.7. The topological polar surface area (TPSA) is 82.4 Å². The summed E-state index contributed by atoms with van der Waals surface area (Å²) in [5.74, 6) is 0.570. The quantitative estimate of drug-likeness (QED) is 0.731. The van der Waals surface area contributed by atoms with Crippen LogP contribution in [0.15, 0.2) is 24.3 Å². The van der Waals surface area contributed by atoms with E-state index in [0.717, 1.165) is 50.7 Å². The van der Waals surface area contributed by atoms with Gasteiger partial charge in [-0.2, -0.15) is 4.68 Å². The van der Waals surface area contributed by atoms with E-state index >= 15 is 0 Å². The minimum Gasteiger partial charge on any atom is -0.462 e. The van der Waals surface area contributed by atoms with E-state index in [1.807, 2.05) is 16.8 Å². The number of ether oxygens (including phenoxy) is 2. The molecular weight excluding hydrogens is 358 g/mol. The van der Waals surface area contributed by atoms with Crippen LogP contribution in [-0.4, -0.2) is 64.0 Å². The van der Waals surface area contributed by atoms with Crippen molar-refractivity contribution in [1.29, 1.82) is 0 Å². The first-order valence-electron chi connectivity index (χ1n) is 10.1. The van der Waals surface area contributed by atoms with Crippen LogP contribution in [0, 0.1) is 0 Å². The van der Waals surface area contributed by atoms with Gasteiger partial charge in [0.2, 0.25) is 0 Å². The summed E-state index contributed by atoms with van der Waals surface area (Å²) in [4.78, 5) is 14.4. The zero-order valence-electron chi connectivity index (χ0n) is 16.3. The fourth-order valence-electron chi connectivity index (χ4n) is 4.41. The second kappa shape index (κ2) is 8.36. The lowest BCUT2D eigenvalue weighted by atomic mass is 9.79. The van der Waals surface area contributed by atoms with Gasteiger partial charge in [-0.15, -0.1) is 5.10 Å². The normalized spacial score (nSPS) is 20.0. The van der Waals surface area contributed by atoms with Crippen molar-refractivity contribution in [2.45, 2.75) is 44.6 Å². The van der Waals surface area contributed by atoms with Gasteiger partial charge in [0.1, 0.15) is 0 Å². The summed E-state index contributed by atoms with van der Waals surface area (Å²) in [7, 11) is 0. The van der Waals surface area contributed by atoms with Crippen molar-refractivity contribution < 1.29 is 14.3 Å². The summed E-state index contributed by atoms with van der Waals surface area (Å²) in [6.07, 6.45) is 5.70. The predicted molar refractivity (Wildman–Crippen MR) is 102 cm³/mol. The van der Waals surface area contributed by atoms with Crippen LogP contribution in [0.4, 0.5) is 0 Å². The average Bonchev–Trinajstić information content (AvgIpc) is 3.26. The summed E-state index contributed by atoms with van der Waals surface area (Å²) >= 11 is 0. The molecule has 1 aliphatic carbocycles. The van der Waals surface area contributed by atoms with Gasteiger partial charge in [-0.05, 0) is 54.5 Å². The average molecular weight is 385 g/mol. The summed E-state index contributed by atoms with van der Waals surface area (Å²) in [5.41, 5.74) is 1.22. The molecule has 1 saturated heterocycles. The molecule has 150 valence electrons. The number of benzene rings is 1. The van der Waals surface area contributed by atoms with Crippen LogP contribution in [-0.2, 0) is 15.0 Å². The van der Waals surface area contributed by atoms with E-state index in [-0.39, 0.29) is 11.5 Å². The monoisotopic (exact) mass is 385 g/mol. The second-order valence-corrected chi connectivity index (χ2v) is 7.37. The van der Waals surface area contributed by atoms with Crippen LogP contribution >= 0.6 is 0 Å². The molecule has 8 nitrogen and oxygen atoms in total. The van der Waals surface area contributed by atoms with Gasteiger partial charge in [0, 0.05) is 13.1 Å². The molecule has 0 radical (unpaired) electrons. The van der Waals surface area contributed by atoms with Gasteiger partial charge in [-0.25, -0.2) is 4.79 Å². The number of tetrazole rings is 1. The Morgan fingerprint density at radius 3 is 2.54 bits per heavy atom. The number of rotatable bonds is 5. The van der Waals surface area contributed by atoms with Gasteiger partial charge in [0.25, 0.3) is 0 Å². The molecule has 2 heterocycles. The van der Waals surface area contributed by atoms with Crippen molar-refractivity contribution in [2.75, 3.05) is 32.9 Å². The molecule has 2 aromatic rings. The SMILES string of the molecule is CCOC(=O)c1ccc(-n2nnnc2C2(N3CCOCC3)CCCCC2)cc1. The lowest BCUT2D eigenvalue weighted by molar-refractivity contribution is -0.0451. The molecule has 1 aliphatic heterocycles. The van der Waals surface area contributed by atoms with Crippen molar-refractivity contribution >= 4 is 5.97 Å². The molecule has 4 rings (SSSR count). The fourth-order valence-corrected chi connectivity index (χ4v) is 4.41. The molecule has 0 spiro atoms. The highest BCUT2D eigenvalue weighted by atomic mass is 16.5. The van der Waals surface area contributed by atoms with Gasteiger partial charge in [-0.1, -0.05) is 19.3 Å². The van der Waals surface area contributed by atoms with Gasteiger partial charge in [0.05, 0.1) is 36.6 Å². The molecule has 0 atom stereocenters. The van der Waals surface area contributed by atoms with E-state index < -0.39 is 0 Å². The molecule has 1 aromatic carbocycles. The van der Waals surface area contributed by atoms with Gasteiger partial charge in [-0.3, -0.25) is 4.90 Å². The van der Waals surface area contributed by atoms with E-state index in [9.17, 15) is 4.79 Å². The van der Waals surface area contributed by atoms with E-state index in [1.54, 1.807) is 19.1 Å². The molecule has 1 aromatic heterocycles. The Morgan fingerprint density at radius 2 is 1.86 bits per heavy atom. The van der Waals surface area contributed by atoms with Crippen molar-refractivity contribution in [1.82, 2.24) is 25.1 Å². The number of nitrogens with zero attached hydrogens (tertiary/aromatic N) is 5. The Kier molecular flexibility index (Phi) is 5.68. The highest BCUT2D eigenvalue weighted by Gasteiger charge is 2.44. The van der Waals surface area contributed by atoms with Crippen molar-refractivity contribution in [3.05, 3.63) is 35.7 Å². The molecule has 2 aliphatic rings. The molecule has 2 fully saturated rings. The predicted octanol–water partition coefficient (Wildman–Crippen LogP) is 2.33. The Balaban J connectivity index is 1.67. The Labute approximate surface area is 164 Å². The molecule has 1 saturated carbocycles. The third kappa shape index (κ3) is 3.54. The Bertz CT molecular complexity index is 792. The molecule has 0 unspecified atom stereocenters. The maximum absolute atomic E-state index is 11.9. The number of carbonyl (C=O) groups is 1. The van der Waals surface area contributed by atoms with Crippen LogP contribution < -0.4 is 0 Å².